The minimum absolute atomic E-state index is 0.135. The zero-order valence-corrected chi connectivity index (χ0v) is 15.3. The zero-order chi connectivity index (χ0) is 17.9. The summed E-state index contributed by atoms with van der Waals surface area (Å²) < 4.78 is 5.80. The van der Waals surface area contributed by atoms with E-state index < -0.39 is 0 Å². The number of nitrogens with zero attached hydrogens (tertiary/aromatic N) is 2. The second-order valence-electron chi connectivity index (χ2n) is 7.34. The van der Waals surface area contributed by atoms with Crippen LogP contribution in [0.15, 0.2) is 59.0 Å². The third-order valence-corrected chi connectivity index (χ3v) is 4.32. The van der Waals surface area contributed by atoms with Crippen LogP contribution in [0.5, 0.6) is 0 Å². The normalized spacial score (nSPS) is 13.0. The van der Waals surface area contributed by atoms with Crippen molar-refractivity contribution in [3.63, 3.8) is 0 Å². The Morgan fingerprint density at radius 2 is 1.64 bits per heavy atom. The van der Waals surface area contributed by atoms with Gasteiger partial charge in [0.1, 0.15) is 0 Å². The molecule has 3 rings (SSSR count). The van der Waals surface area contributed by atoms with E-state index in [0.29, 0.717) is 18.3 Å². The predicted molar refractivity (Wildman–Crippen MR) is 100 cm³/mol. The number of nitrogens with one attached hydrogen (secondary N) is 1. The van der Waals surface area contributed by atoms with Gasteiger partial charge in [0.05, 0.1) is 6.54 Å². The molecular weight excluding hydrogens is 310 g/mol. The van der Waals surface area contributed by atoms with Crippen molar-refractivity contribution in [1.29, 1.82) is 0 Å². The van der Waals surface area contributed by atoms with E-state index in [9.17, 15) is 0 Å². The Labute approximate surface area is 149 Å². The molecule has 1 heterocycles. The molecule has 0 saturated carbocycles. The molecule has 0 unspecified atom stereocenters. The van der Waals surface area contributed by atoms with Crippen molar-refractivity contribution in [2.24, 2.45) is 0 Å². The summed E-state index contributed by atoms with van der Waals surface area (Å²) in [6.07, 6.45) is 0. The van der Waals surface area contributed by atoms with Gasteiger partial charge in [-0.05, 0) is 35.6 Å². The molecule has 25 heavy (non-hydrogen) atoms. The highest BCUT2D eigenvalue weighted by Crippen LogP contribution is 2.25. The molecule has 4 nitrogen and oxygen atoms in total. The van der Waals surface area contributed by atoms with Crippen LogP contribution in [0.4, 0.5) is 0 Å². The van der Waals surface area contributed by atoms with Crippen molar-refractivity contribution in [2.75, 3.05) is 0 Å². The zero-order valence-electron chi connectivity index (χ0n) is 15.3. The van der Waals surface area contributed by atoms with E-state index >= 15 is 0 Å². The van der Waals surface area contributed by atoms with Crippen LogP contribution in [0, 0.1) is 0 Å². The summed E-state index contributed by atoms with van der Waals surface area (Å²) in [5, 5.41) is 11.7. The van der Waals surface area contributed by atoms with Crippen molar-refractivity contribution in [2.45, 2.75) is 45.7 Å². The van der Waals surface area contributed by atoms with Crippen molar-refractivity contribution in [3.8, 4) is 11.5 Å². The summed E-state index contributed by atoms with van der Waals surface area (Å²) in [6.45, 7) is 9.27. The van der Waals surface area contributed by atoms with Crippen LogP contribution in [0.1, 0.15) is 50.8 Å². The van der Waals surface area contributed by atoms with Crippen LogP contribution in [0.3, 0.4) is 0 Å². The molecule has 1 N–H and O–H groups in total. The molecule has 3 aromatic rings. The third kappa shape index (κ3) is 4.34. The first kappa shape index (κ1) is 17.4. The first-order valence-electron chi connectivity index (χ1n) is 8.65. The van der Waals surface area contributed by atoms with Gasteiger partial charge in [-0.2, -0.15) is 0 Å². The van der Waals surface area contributed by atoms with Crippen molar-refractivity contribution < 1.29 is 4.42 Å². The molecule has 0 bridgehead atoms. The van der Waals surface area contributed by atoms with Gasteiger partial charge in [0, 0.05) is 11.6 Å². The van der Waals surface area contributed by atoms with Crippen molar-refractivity contribution in [3.05, 3.63) is 71.6 Å². The Bertz CT molecular complexity index is 801. The highest BCUT2D eigenvalue weighted by molar-refractivity contribution is 5.53. The topological polar surface area (TPSA) is 51.0 Å². The smallest absolute Gasteiger partial charge is 0.247 e. The second kappa shape index (κ2) is 7.19. The van der Waals surface area contributed by atoms with Gasteiger partial charge in [0.15, 0.2) is 0 Å². The predicted octanol–water partition coefficient (Wildman–Crippen LogP) is 4.88. The lowest BCUT2D eigenvalue weighted by Crippen LogP contribution is -2.18. The quantitative estimate of drug-likeness (QED) is 0.721. The Hall–Kier alpha value is -2.46. The maximum Gasteiger partial charge on any atom is 0.247 e. The van der Waals surface area contributed by atoms with Gasteiger partial charge in [-0.25, -0.2) is 0 Å². The maximum absolute atomic E-state index is 5.80. The largest absolute Gasteiger partial charge is 0.419 e. The van der Waals surface area contributed by atoms with Crippen LogP contribution in [-0.2, 0) is 12.0 Å². The van der Waals surface area contributed by atoms with Crippen LogP contribution >= 0.6 is 0 Å². The lowest BCUT2D eigenvalue weighted by Gasteiger charge is -2.18. The molecule has 0 aliphatic carbocycles. The summed E-state index contributed by atoms with van der Waals surface area (Å²) in [6, 6.07) is 18.9. The molecule has 0 saturated heterocycles. The van der Waals surface area contributed by atoms with E-state index in [1.165, 1.54) is 11.1 Å². The van der Waals surface area contributed by atoms with E-state index in [4.69, 9.17) is 4.42 Å². The first-order chi connectivity index (χ1) is 11.9. The molecule has 0 radical (unpaired) electrons. The summed E-state index contributed by atoms with van der Waals surface area (Å²) in [5.74, 6) is 1.15. The molecule has 2 aromatic carbocycles. The summed E-state index contributed by atoms with van der Waals surface area (Å²) in [7, 11) is 0. The number of hydrogen-bond acceptors (Lipinski definition) is 4. The van der Waals surface area contributed by atoms with Crippen LogP contribution in [0.25, 0.3) is 11.5 Å². The molecule has 0 spiro atoms. The van der Waals surface area contributed by atoms with Crippen LogP contribution in [-0.4, -0.2) is 10.2 Å². The SMILES string of the molecule is C[C@@H](NCc1nnc(-c2ccc(C(C)(C)C)cc2)o1)c1ccccc1. The second-order valence-corrected chi connectivity index (χ2v) is 7.34. The first-order valence-corrected chi connectivity index (χ1v) is 8.65. The summed E-state index contributed by atoms with van der Waals surface area (Å²) in [4.78, 5) is 0. The minimum atomic E-state index is 0.135. The lowest BCUT2D eigenvalue weighted by atomic mass is 9.87. The molecule has 1 aromatic heterocycles. The third-order valence-electron chi connectivity index (χ3n) is 4.32. The Morgan fingerprint density at radius 1 is 0.960 bits per heavy atom. The van der Waals surface area contributed by atoms with Crippen molar-refractivity contribution in [1.82, 2.24) is 15.5 Å². The fourth-order valence-electron chi connectivity index (χ4n) is 2.65. The standard InChI is InChI=1S/C21H25N3O/c1-15(16-8-6-5-7-9-16)22-14-19-23-24-20(25-19)17-10-12-18(13-11-17)21(2,3)4/h5-13,15,22H,14H2,1-4H3/t15-/m1/s1. The van der Waals surface area contributed by atoms with Crippen LogP contribution < -0.4 is 5.32 Å². The van der Waals surface area contributed by atoms with Crippen LogP contribution in [0.2, 0.25) is 0 Å². The number of hydrogen-bond donors (Lipinski definition) is 1. The maximum atomic E-state index is 5.80. The monoisotopic (exact) mass is 335 g/mol. The van der Waals surface area contributed by atoms with Crippen molar-refractivity contribution >= 4 is 0 Å². The van der Waals surface area contributed by atoms with E-state index in [0.717, 1.165) is 5.56 Å². The molecule has 130 valence electrons. The molecule has 0 fully saturated rings. The number of rotatable bonds is 5. The molecule has 1 atom stereocenters. The Morgan fingerprint density at radius 3 is 2.28 bits per heavy atom. The van der Waals surface area contributed by atoms with Gasteiger partial charge in [0.2, 0.25) is 11.8 Å². The van der Waals surface area contributed by atoms with Gasteiger partial charge in [-0.1, -0.05) is 63.2 Å². The van der Waals surface area contributed by atoms with Gasteiger partial charge < -0.3 is 9.73 Å². The molecule has 4 heteroatoms. The highest BCUT2D eigenvalue weighted by Gasteiger charge is 2.15. The Balaban J connectivity index is 1.64. The average Bonchev–Trinajstić information content (AvgIpc) is 3.09. The van der Waals surface area contributed by atoms with Gasteiger partial charge in [-0.15, -0.1) is 10.2 Å². The fourth-order valence-corrected chi connectivity index (χ4v) is 2.65. The Kier molecular flexibility index (Phi) is 5.00. The highest BCUT2D eigenvalue weighted by atomic mass is 16.4. The number of benzene rings is 2. The minimum Gasteiger partial charge on any atom is -0.419 e. The van der Waals surface area contributed by atoms with E-state index in [2.05, 4.69) is 67.5 Å². The molecular formula is C21H25N3O. The van der Waals surface area contributed by atoms with Gasteiger partial charge >= 0.3 is 0 Å². The van der Waals surface area contributed by atoms with Gasteiger partial charge in [-0.3, -0.25) is 0 Å². The summed E-state index contributed by atoms with van der Waals surface area (Å²) >= 11 is 0. The molecule has 0 aliphatic rings. The van der Waals surface area contributed by atoms with E-state index in [1.807, 2.05) is 30.3 Å². The fraction of sp³-hybridized carbons (Fsp3) is 0.333. The van der Waals surface area contributed by atoms with Gasteiger partial charge in [0.25, 0.3) is 0 Å². The number of aromatic nitrogens is 2. The molecule has 0 aliphatic heterocycles. The average molecular weight is 335 g/mol. The van der Waals surface area contributed by atoms with E-state index in [-0.39, 0.29) is 11.5 Å². The lowest BCUT2D eigenvalue weighted by molar-refractivity contribution is 0.454. The molecule has 0 amide bonds. The van der Waals surface area contributed by atoms with E-state index in [1.54, 1.807) is 0 Å². The summed E-state index contributed by atoms with van der Waals surface area (Å²) in [5.41, 5.74) is 3.60.